The van der Waals surface area contributed by atoms with Gasteiger partial charge in [-0.25, -0.2) is 0 Å². The smallest absolute Gasteiger partial charge is 0.250 e. The van der Waals surface area contributed by atoms with Gasteiger partial charge in [-0.2, -0.15) is 0 Å². The van der Waals surface area contributed by atoms with Crippen LogP contribution in [0.5, 0.6) is 0 Å². The van der Waals surface area contributed by atoms with Crippen LogP contribution in [0.2, 0.25) is 0 Å². The van der Waals surface area contributed by atoms with E-state index in [1.54, 1.807) is 0 Å². The molecule has 3 aliphatic rings. The van der Waals surface area contributed by atoms with E-state index < -0.39 is 0 Å². The van der Waals surface area contributed by atoms with Gasteiger partial charge >= 0.3 is 0 Å². The Labute approximate surface area is 283 Å². The fraction of sp³-hybridized carbons (Fsp3) is 0.231. The zero-order valence-corrected chi connectivity index (χ0v) is 27.8. The number of benzene rings is 3. The SMILES string of the molecule is Cc1[nH]c2ccccc2c1C1CC(=O)NC1=O.Cc1[nH]c2ccccc2c1C1CCNC1.Cc1cc2ccccc2[nH]1.O=C1C=CC(=O)N1. The monoisotopic (exact) mass is 656 g/mol. The standard InChI is InChI=1S/C13H12N2O2.C13H16N2.C9H9N.C4H3NO2/c1-7-12(9-6-11(16)15-13(9)17)8-4-2-3-5-10(8)14-7;1-9-13(10-6-7-14-8-10)11-4-2-3-5-12(11)15-9;1-7-6-8-4-2-3-5-9(8)10-7;6-3-1-2-4(7)5-3/h2-5,9,14H,6H2,1H3,(H,15,16,17);2-5,10,14-15H,6-8H2,1H3;2-6,10H,1H3;1-2H,(H,5,6,7). The summed E-state index contributed by atoms with van der Waals surface area (Å²) in [5, 5.41) is 11.5. The highest BCUT2D eigenvalue weighted by atomic mass is 16.2. The summed E-state index contributed by atoms with van der Waals surface area (Å²) in [5.41, 5.74) is 9.50. The fourth-order valence-electron chi connectivity index (χ4n) is 6.83. The molecule has 3 aromatic heterocycles. The summed E-state index contributed by atoms with van der Waals surface area (Å²) >= 11 is 0. The van der Waals surface area contributed by atoms with Crippen LogP contribution in [-0.4, -0.2) is 51.7 Å². The van der Waals surface area contributed by atoms with Gasteiger partial charge in [0.1, 0.15) is 0 Å². The zero-order chi connectivity index (χ0) is 34.5. The number of aryl methyl sites for hydroxylation is 3. The van der Waals surface area contributed by atoms with Gasteiger partial charge in [0.05, 0.1) is 5.92 Å². The molecule has 10 heteroatoms. The van der Waals surface area contributed by atoms with Gasteiger partial charge in [-0.3, -0.25) is 29.8 Å². The summed E-state index contributed by atoms with van der Waals surface area (Å²) in [5.74, 6) is -0.692. The molecule has 6 aromatic rings. The molecule has 0 radical (unpaired) electrons. The quantitative estimate of drug-likeness (QED) is 0.130. The number of aromatic amines is 3. The van der Waals surface area contributed by atoms with Gasteiger partial charge in [-0.1, -0.05) is 54.6 Å². The van der Waals surface area contributed by atoms with Gasteiger partial charge in [0, 0.05) is 69.5 Å². The number of H-pyrrole nitrogens is 3. The summed E-state index contributed by atoms with van der Waals surface area (Å²) in [7, 11) is 0. The highest BCUT2D eigenvalue weighted by Crippen LogP contribution is 2.34. The number of hydrogen-bond acceptors (Lipinski definition) is 5. The van der Waals surface area contributed by atoms with Crippen LogP contribution in [0, 0.1) is 20.8 Å². The molecule has 4 amide bonds. The molecular formula is C39H40N6O4. The average molecular weight is 657 g/mol. The van der Waals surface area contributed by atoms with Gasteiger partial charge < -0.3 is 20.3 Å². The Balaban J connectivity index is 0.000000119. The van der Waals surface area contributed by atoms with Gasteiger partial charge in [0.15, 0.2) is 0 Å². The molecule has 2 unspecified atom stereocenters. The maximum absolute atomic E-state index is 11.7. The summed E-state index contributed by atoms with van der Waals surface area (Å²) in [6.07, 6.45) is 3.91. The van der Waals surface area contributed by atoms with Crippen LogP contribution in [0.1, 0.15) is 52.9 Å². The zero-order valence-electron chi connectivity index (χ0n) is 27.8. The number of fused-ring (bicyclic) bond motifs is 3. The molecule has 0 aliphatic carbocycles. The molecule has 2 saturated heterocycles. The van der Waals surface area contributed by atoms with E-state index in [1.807, 2.05) is 42.6 Å². The van der Waals surface area contributed by atoms with Crippen molar-refractivity contribution < 1.29 is 19.2 Å². The third-order valence-corrected chi connectivity index (χ3v) is 8.97. The van der Waals surface area contributed by atoms with E-state index in [1.165, 1.54) is 57.3 Å². The first-order valence-corrected chi connectivity index (χ1v) is 16.4. The van der Waals surface area contributed by atoms with Gasteiger partial charge in [-0.15, -0.1) is 0 Å². The van der Waals surface area contributed by atoms with Crippen LogP contribution in [0.3, 0.4) is 0 Å². The summed E-state index contributed by atoms with van der Waals surface area (Å²) in [6.45, 7) is 8.48. The van der Waals surface area contributed by atoms with Crippen molar-refractivity contribution in [2.24, 2.45) is 0 Å². The van der Waals surface area contributed by atoms with Crippen molar-refractivity contribution in [3.8, 4) is 0 Å². The van der Waals surface area contributed by atoms with Crippen molar-refractivity contribution in [1.82, 2.24) is 30.9 Å². The third-order valence-electron chi connectivity index (χ3n) is 8.97. The van der Waals surface area contributed by atoms with E-state index in [4.69, 9.17) is 0 Å². The predicted molar refractivity (Wildman–Crippen MR) is 192 cm³/mol. The number of para-hydroxylation sites is 3. The number of aromatic nitrogens is 3. The number of carbonyl (C=O) groups is 4. The van der Waals surface area contributed by atoms with Crippen molar-refractivity contribution in [3.05, 3.63) is 119 Å². The highest BCUT2D eigenvalue weighted by Gasteiger charge is 2.34. The van der Waals surface area contributed by atoms with Crippen molar-refractivity contribution >= 4 is 56.3 Å². The second-order valence-corrected chi connectivity index (χ2v) is 12.5. The van der Waals surface area contributed by atoms with Gasteiger partial charge in [0.2, 0.25) is 11.8 Å². The molecule has 9 rings (SSSR count). The van der Waals surface area contributed by atoms with E-state index in [9.17, 15) is 19.2 Å². The maximum Gasteiger partial charge on any atom is 0.250 e. The van der Waals surface area contributed by atoms with E-state index in [0.29, 0.717) is 5.92 Å². The van der Waals surface area contributed by atoms with Crippen molar-refractivity contribution in [3.63, 3.8) is 0 Å². The lowest BCUT2D eigenvalue weighted by Gasteiger charge is -2.08. The second-order valence-electron chi connectivity index (χ2n) is 12.5. The van der Waals surface area contributed by atoms with Crippen LogP contribution in [-0.2, 0) is 19.2 Å². The molecule has 3 aliphatic heterocycles. The molecule has 0 bridgehead atoms. The molecule has 6 heterocycles. The Morgan fingerprint density at radius 3 is 1.73 bits per heavy atom. The number of hydrogen-bond donors (Lipinski definition) is 6. The average Bonchev–Trinajstić information content (AvgIpc) is 3.93. The van der Waals surface area contributed by atoms with E-state index in [0.717, 1.165) is 35.2 Å². The van der Waals surface area contributed by atoms with E-state index >= 15 is 0 Å². The Bertz CT molecular complexity index is 2150. The highest BCUT2D eigenvalue weighted by molar-refractivity contribution is 6.12. The van der Waals surface area contributed by atoms with Crippen LogP contribution < -0.4 is 16.0 Å². The molecule has 0 saturated carbocycles. The van der Waals surface area contributed by atoms with Crippen LogP contribution in [0.25, 0.3) is 32.7 Å². The number of imide groups is 2. The molecule has 49 heavy (non-hydrogen) atoms. The van der Waals surface area contributed by atoms with Gasteiger partial charge in [0.25, 0.3) is 11.8 Å². The lowest BCUT2D eigenvalue weighted by molar-refractivity contribution is -0.126. The topological polar surface area (TPSA) is 152 Å². The summed E-state index contributed by atoms with van der Waals surface area (Å²) in [6, 6.07) is 26.9. The van der Waals surface area contributed by atoms with Crippen LogP contribution in [0.4, 0.5) is 0 Å². The first-order chi connectivity index (χ1) is 23.7. The fourth-order valence-corrected chi connectivity index (χ4v) is 6.83. The first-order valence-electron chi connectivity index (χ1n) is 16.4. The molecule has 250 valence electrons. The third kappa shape index (κ3) is 7.55. The minimum absolute atomic E-state index is 0.190. The Morgan fingerprint density at radius 1 is 0.633 bits per heavy atom. The lowest BCUT2D eigenvalue weighted by Crippen LogP contribution is -2.21. The Kier molecular flexibility index (Phi) is 9.87. The van der Waals surface area contributed by atoms with E-state index in [-0.39, 0.29) is 36.0 Å². The van der Waals surface area contributed by atoms with Crippen molar-refractivity contribution in [2.75, 3.05) is 13.1 Å². The largest absolute Gasteiger partial charge is 0.359 e. The minimum atomic E-state index is -0.348. The number of amides is 4. The number of rotatable bonds is 2. The summed E-state index contributed by atoms with van der Waals surface area (Å²) in [4.78, 5) is 53.0. The molecule has 3 aromatic carbocycles. The van der Waals surface area contributed by atoms with Gasteiger partial charge in [-0.05, 0) is 80.4 Å². The Morgan fingerprint density at radius 2 is 1.20 bits per heavy atom. The molecule has 2 atom stereocenters. The molecule has 2 fully saturated rings. The lowest BCUT2D eigenvalue weighted by atomic mass is 9.95. The number of carbonyl (C=O) groups excluding carboxylic acids is 4. The van der Waals surface area contributed by atoms with Crippen LogP contribution >= 0.6 is 0 Å². The molecule has 10 nitrogen and oxygen atoms in total. The summed E-state index contributed by atoms with van der Waals surface area (Å²) < 4.78 is 0. The van der Waals surface area contributed by atoms with Crippen molar-refractivity contribution in [2.45, 2.75) is 45.4 Å². The molecule has 6 N–H and O–H groups in total. The normalized spacial score (nSPS) is 18.1. The number of nitrogens with one attached hydrogen (secondary N) is 6. The van der Waals surface area contributed by atoms with Crippen molar-refractivity contribution in [1.29, 1.82) is 0 Å². The maximum atomic E-state index is 11.7. The minimum Gasteiger partial charge on any atom is -0.359 e. The molecule has 0 spiro atoms. The molecular weight excluding hydrogens is 616 g/mol. The Hall–Kier alpha value is -5.74. The second kappa shape index (κ2) is 14.6. The van der Waals surface area contributed by atoms with Crippen LogP contribution in [0.15, 0.2) is 91.0 Å². The van der Waals surface area contributed by atoms with E-state index in [2.05, 4.69) is 88.0 Å². The first kappa shape index (κ1) is 33.2. The predicted octanol–water partition coefficient (Wildman–Crippen LogP) is 5.83.